The highest BCUT2D eigenvalue weighted by molar-refractivity contribution is 5.88. The summed E-state index contributed by atoms with van der Waals surface area (Å²) in [7, 11) is 1.77. The second-order valence-electron chi connectivity index (χ2n) is 8.42. The third-order valence-electron chi connectivity index (χ3n) is 6.65. The molecule has 1 amide bonds. The summed E-state index contributed by atoms with van der Waals surface area (Å²) in [4.78, 5) is 18.6. The van der Waals surface area contributed by atoms with E-state index in [1.165, 1.54) is 36.8 Å². The zero-order valence-electron chi connectivity index (χ0n) is 16.1. The van der Waals surface area contributed by atoms with E-state index < -0.39 is 0 Å². The molecule has 0 spiro atoms. The lowest BCUT2D eigenvalue weighted by Crippen LogP contribution is -2.63. The molecule has 4 nitrogen and oxygen atoms in total. The van der Waals surface area contributed by atoms with Crippen molar-refractivity contribution in [3.63, 3.8) is 0 Å². The van der Waals surface area contributed by atoms with Gasteiger partial charge >= 0.3 is 0 Å². The average Bonchev–Trinajstić information content (AvgIpc) is 3.09. The largest absolute Gasteiger partial charge is 0.384 e. The summed E-state index contributed by atoms with van der Waals surface area (Å²) in [6.07, 6.45) is 7.78. The molecule has 4 rings (SSSR count). The standard InChI is InChI=1S/C22H32N2O2/c1-26-17-18-8-7-11-23(16-18)21(25)22(24-12-5-2-6-13-24)14-19-9-3-4-10-20(19)15-22/h3-4,9-10,18H,2,5-8,11-17H2,1H3. The quantitative estimate of drug-likeness (QED) is 0.832. The Labute approximate surface area is 157 Å². The number of benzene rings is 1. The van der Waals surface area contributed by atoms with Gasteiger partial charge in [0.2, 0.25) is 5.91 Å². The Kier molecular flexibility index (Phi) is 5.32. The van der Waals surface area contributed by atoms with Crippen molar-refractivity contribution in [2.24, 2.45) is 5.92 Å². The fourth-order valence-electron chi connectivity index (χ4n) is 5.34. The molecule has 1 aromatic rings. The lowest BCUT2D eigenvalue weighted by molar-refractivity contribution is -0.147. The van der Waals surface area contributed by atoms with Crippen LogP contribution in [0.4, 0.5) is 0 Å². The molecule has 1 atom stereocenters. The molecule has 4 heteroatoms. The highest BCUT2D eigenvalue weighted by Crippen LogP contribution is 2.38. The predicted molar refractivity (Wildman–Crippen MR) is 103 cm³/mol. The van der Waals surface area contributed by atoms with Crippen LogP contribution in [0.25, 0.3) is 0 Å². The van der Waals surface area contributed by atoms with E-state index >= 15 is 0 Å². The third kappa shape index (κ3) is 3.29. The fourth-order valence-corrected chi connectivity index (χ4v) is 5.34. The molecule has 0 aromatic heterocycles. The highest BCUT2D eigenvalue weighted by Gasteiger charge is 2.50. The number of ether oxygens (including phenoxy) is 1. The molecule has 142 valence electrons. The Hall–Kier alpha value is -1.39. The molecular weight excluding hydrogens is 324 g/mol. The normalized spacial score (nSPS) is 25.9. The molecule has 1 aliphatic carbocycles. The van der Waals surface area contributed by atoms with Gasteiger partial charge in [-0.3, -0.25) is 9.69 Å². The van der Waals surface area contributed by atoms with Gasteiger partial charge in [-0.25, -0.2) is 0 Å². The number of hydrogen-bond acceptors (Lipinski definition) is 3. The van der Waals surface area contributed by atoms with Crippen molar-refractivity contribution in [2.75, 3.05) is 39.9 Å². The van der Waals surface area contributed by atoms with E-state index in [1.54, 1.807) is 7.11 Å². The number of carbonyl (C=O) groups is 1. The minimum atomic E-state index is -0.348. The fraction of sp³-hybridized carbons (Fsp3) is 0.682. The van der Waals surface area contributed by atoms with E-state index in [1.807, 2.05) is 0 Å². The van der Waals surface area contributed by atoms with Crippen LogP contribution < -0.4 is 0 Å². The van der Waals surface area contributed by atoms with E-state index in [2.05, 4.69) is 34.1 Å². The summed E-state index contributed by atoms with van der Waals surface area (Å²) in [5.41, 5.74) is 2.40. The summed E-state index contributed by atoms with van der Waals surface area (Å²) < 4.78 is 5.38. The molecule has 26 heavy (non-hydrogen) atoms. The monoisotopic (exact) mass is 356 g/mol. The maximum Gasteiger partial charge on any atom is 0.243 e. The zero-order valence-corrected chi connectivity index (χ0v) is 16.1. The molecule has 2 aliphatic heterocycles. The molecule has 1 aromatic carbocycles. The van der Waals surface area contributed by atoms with E-state index in [-0.39, 0.29) is 5.54 Å². The van der Waals surface area contributed by atoms with Gasteiger partial charge in [0.1, 0.15) is 5.54 Å². The van der Waals surface area contributed by atoms with E-state index in [0.717, 1.165) is 52.0 Å². The van der Waals surface area contributed by atoms with Gasteiger partial charge in [0.05, 0.1) is 6.61 Å². The van der Waals surface area contributed by atoms with E-state index in [4.69, 9.17) is 4.74 Å². The number of amides is 1. The van der Waals surface area contributed by atoms with Crippen LogP contribution in [0.5, 0.6) is 0 Å². The van der Waals surface area contributed by atoms with Crippen molar-refractivity contribution >= 4 is 5.91 Å². The van der Waals surface area contributed by atoms with Gasteiger partial charge < -0.3 is 9.64 Å². The SMILES string of the molecule is COCC1CCCN(C(=O)C2(N3CCCCC3)Cc3ccccc3C2)C1. The van der Waals surface area contributed by atoms with Gasteiger partial charge in [-0.05, 0) is 55.8 Å². The lowest BCUT2D eigenvalue weighted by Gasteiger charge is -2.46. The van der Waals surface area contributed by atoms with Crippen LogP contribution in [0, 0.1) is 5.92 Å². The number of methoxy groups -OCH3 is 1. The third-order valence-corrected chi connectivity index (χ3v) is 6.65. The number of hydrogen-bond donors (Lipinski definition) is 0. The maximum absolute atomic E-state index is 13.9. The van der Waals surface area contributed by atoms with E-state index in [0.29, 0.717) is 11.8 Å². The van der Waals surface area contributed by atoms with Crippen LogP contribution in [-0.2, 0) is 22.4 Å². The zero-order chi connectivity index (χ0) is 18.0. The van der Waals surface area contributed by atoms with Crippen molar-refractivity contribution < 1.29 is 9.53 Å². The van der Waals surface area contributed by atoms with Crippen molar-refractivity contribution in [2.45, 2.75) is 50.5 Å². The first-order valence-electron chi connectivity index (χ1n) is 10.3. The van der Waals surface area contributed by atoms with E-state index in [9.17, 15) is 4.79 Å². The summed E-state index contributed by atoms with van der Waals surface area (Å²) in [5, 5.41) is 0. The Morgan fingerprint density at radius 3 is 2.42 bits per heavy atom. The number of carbonyl (C=O) groups excluding carboxylic acids is 1. The number of nitrogens with zero attached hydrogens (tertiary/aromatic N) is 2. The number of piperidine rings is 2. The molecule has 0 saturated carbocycles. The van der Waals surface area contributed by atoms with Gasteiger partial charge in [-0.1, -0.05) is 30.7 Å². The molecule has 2 saturated heterocycles. The highest BCUT2D eigenvalue weighted by atomic mass is 16.5. The second-order valence-corrected chi connectivity index (χ2v) is 8.42. The van der Waals surface area contributed by atoms with Gasteiger partial charge in [0, 0.05) is 33.0 Å². The molecule has 0 radical (unpaired) electrons. The first kappa shape index (κ1) is 18.0. The topological polar surface area (TPSA) is 32.8 Å². The molecule has 2 heterocycles. The summed E-state index contributed by atoms with van der Waals surface area (Å²) in [6, 6.07) is 8.67. The second kappa shape index (κ2) is 7.69. The van der Waals surface area contributed by atoms with Crippen LogP contribution in [0.3, 0.4) is 0 Å². The van der Waals surface area contributed by atoms with Crippen LogP contribution in [0.1, 0.15) is 43.2 Å². The van der Waals surface area contributed by atoms with Gasteiger partial charge in [0.15, 0.2) is 0 Å². The molecular formula is C22H32N2O2. The van der Waals surface area contributed by atoms with Gasteiger partial charge in [-0.2, -0.15) is 0 Å². The van der Waals surface area contributed by atoms with Crippen LogP contribution in [-0.4, -0.2) is 61.1 Å². The molecule has 1 unspecified atom stereocenters. The van der Waals surface area contributed by atoms with Gasteiger partial charge in [-0.15, -0.1) is 0 Å². The van der Waals surface area contributed by atoms with Crippen molar-refractivity contribution in [1.82, 2.24) is 9.80 Å². The number of likely N-dealkylation sites (tertiary alicyclic amines) is 2. The minimum Gasteiger partial charge on any atom is -0.384 e. The van der Waals surface area contributed by atoms with Crippen LogP contribution in [0.2, 0.25) is 0 Å². The van der Waals surface area contributed by atoms with Crippen LogP contribution in [0.15, 0.2) is 24.3 Å². The Morgan fingerprint density at radius 2 is 1.77 bits per heavy atom. The first-order chi connectivity index (χ1) is 12.7. The van der Waals surface area contributed by atoms with Crippen LogP contribution >= 0.6 is 0 Å². The summed E-state index contributed by atoms with van der Waals surface area (Å²) in [5.74, 6) is 0.858. The minimum absolute atomic E-state index is 0.348. The molecule has 3 aliphatic rings. The van der Waals surface area contributed by atoms with Crippen molar-refractivity contribution in [3.05, 3.63) is 35.4 Å². The Morgan fingerprint density at radius 1 is 1.08 bits per heavy atom. The van der Waals surface area contributed by atoms with Crippen molar-refractivity contribution in [3.8, 4) is 0 Å². The Balaban J connectivity index is 1.60. The molecule has 2 fully saturated rings. The van der Waals surface area contributed by atoms with Gasteiger partial charge in [0.25, 0.3) is 0 Å². The summed E-state index contributed by atoms with van der Waals surface area (Å²) in [6.45, 7) is 4.66. The number of fused-ring (bicyclic) bond motifs is 1. The lowest BCUT2D eigenvalue weighted by atomic mass is 9.87. The molecule has 0 N–H and O–H groups in total. The Bertz CT molecular complexity index is 612. The smallest absolute Gasteiger partial charge is 0.243 e. The predicted octanol–water partition coefficient (Wildman–Crippen LogP) is 2.89. The maximum atomic E-state index is 13.9. The average molecular weight is 357 g/mol. The van der Waals surface area contributed by atoms with Crippen molar-refractivity contribution in [1.29, 1.82) is 0 Å². The molecule has 0 bridgehead atoms. The summed E-state index contributed by atoms with van der Waals surface area (Å²) >= 11 is 0. The first-order valence-corrected chi connectivity index (χ1v) is 10.3. The number of rotatable bonds is 4.